The Morgan fingerprint density at radius 2 is 1.65 bits per heavy atom. The van der Waals surface area contributed by atoms with E-state index in [9.17, 15) is 9.59 Å². The summed E-state index contributed by atoms with van der Waals surface area (Å²) in [4.78, 5) is 26.3. The summed E-state index contributed by atoms with van der Waals surface area (Å²) in [7, 11) is 0. The molecule has 1 saturated heterocycles. The van der Waals surface area contributed by atoms with E-state index in [0.29, 0.717) is 12.1 Å². The molecule has 2 aromatic rings. The molecule has 0 N–H and O–H groups in total. The number of imide groups is 1. The third-order valence-corrected chi connectivity index (χ3v) is 4.62. The van der Waals surface area contributed by atoms with Crippen molar-refractivity contribution < 1.29 is 9.59 Å². The molecule has 0 aliphatic carbocycles. The van der Waals surface area contributed by atoms with Gasteiger partial charge in [0, 0.05) is 10.9 Å². The molecule has 1 atom stereocenters. The Balaban J connectivity index is 1.82. The second-order valence-corrected chi connectivity index (χ2v) is 7.06. The van der Waals surface area contributed by atoms with E-state index in [4.69, 9.17) is 0 Å². The van der Waals surface area contributed by atoms with Crippen molar-refractivity contribution in [1.82, 2.24) is 0 Å². The van der Waals surface area contributed by atoms with Crippen LogP contribution in [0.2, 0.25) is 0 Å². The molecule has 0 spiro atoms. The lowest BCUT2D eigenvalue weighted by molar-refractivity contribution is -0.122. The minimum absolute atomic E-state index is 0.100. The number of hydrogen-bond donors (Lipinski definition) is 0. The molecule has 2 amide bonds. The zero-order valence-electron chi connectivity index (χ0n) is 13.2. The van der Waals surface area contributed by atoms with E-state index in [2.05, 4.69) is 34.1 Å². The Kier molecular flexibility index (Phi) is 4.35. The predicted octanol–water partition coefficient (Wildman–Crippen LogP) is 4.19. The molecule has 118 valence electrons. The summed E-state index contributed by atoms with van der Waals surface area (Å²) in [5, 5.41) is 0. The smallest absolute Gasteiger partial charge is 0.237 e. The fraction of sp³-hybridized carbons (Fsp3) is 0.263. The van der Waals surface area contributed by atoms with Crippen LogP contribution >= 0.6 is 15.9 Å². The van der Waals surface area contributed by atoms with E-state index in [1.807, 2.05) is 26.0 Å². The summed E-state index contributed by atoms with van der Waals surface area (Å²) >= 11 is 3.37. The normalized spacial score (nSPS) is 17.9. The molecule has 4 heteroatoms. The Bertz CT molecular complexity index is 747. The summed E-state index contributed by atoms with van der Waals surface area (Å²) in [6, 6.07) is 13.6. The van der Waals surface area contributed by atoms with Crippen LogP contribution in [0.5, 0.6) is 0 Å². The molecule has 3 rings (SSSR count). The van der Waals surface area contributed by atoms with Crippen molar-refractivity contribution >= 4 is 33.4 Å². The average Bonchev–Trinajstić information content (AvgIpc) is 2.74. The second kappa shape index (κ2) is 6.28. The summed E-state index contributed by atoms with van der Waals surface area (Å²) in [6.45, 7) is 4.10. The van der Waals surface area contributed by atoms with E-state index in [1.165, 1.54) is 16.0 Å². The number of rotatable bonds is 3. The Morgan fingerprint density at radius 3 is 2.26 bits per heavy atom. The van der Waals surface area contributed by atoms with Crippen molar-refractivity contribution in [2.24, 2.45) is 5.92 Å². The number of anilines is 1. The monoisotopic (exact) mass is 371 g/mol. The van der Waals surface area contributed by atoms with Gasteiger partial charge >= 0.3 is 0 Å². The quantitative estimate of drug-likeness (QED) is 0.758. The maximum atomic E-state index is 12.7. The lowest BCUT2D eigenvalue weighted by atomic mass is 9.95. The van der Waals surface area contributed by atoms with Crippen LogP contribution in [-0.4, -0.2) is 11.8 Å². The zero-order chi connectivity index (χ0) is 16.6. The van der Waals surface area contributed by atoms with Gasteiger partial charge in [-0.15, -0.1) is 0 Å². The molecule has 0 saturated carbocycles. The largest absolute Gasteiger partial charge is 0.274 e. The average molecular weight is 372 g/mol. The maximum absolute atomic E-state index is 12.7. The third kappa shape index (κ3) is 3.37. The van der Waals surface area contributed by atoms with E-state index in [-0.39, 0.29) is 24.2 Å². The Morgan fingerprint density at radius 1 is 1.04 bits per heavy atom. The van der Waals surface area contributed by atoms with Crippen LogP contribution in [0.15, 0.2) is 46.9 Å². The lowest BCUT2D eigenvalue weighted by Gasteiger charge is -2.15. The van der Waals surface area contributed by atoms with E-state index >= 15 is 0 Å². The number of nitrogens with zero attached hydrogens (tertiary/aromatic N) is 1. The molecule has 1 aliphatic heterocycles. The van der Waals surface area contributed by atoms with Gasteiger partial charge in [0.2, 0.25) is 11.8 Å². The summed E-state index contributed by atoms with van der Waals surface area (Å²) in [5.74, 6) is -0.490. The molecule has 1 heterocycles. The Hall–Kier alpha value is -1.94. The van der Waals surface area contributed by atoms with E-state index < -0.39 is 0 Å². The summed E-state index contributed by atoms with van der Waals surface area (Å²) < 4.78 is 0.923. The van der Waals surface area contributed by atoms with Gasteiger partial charge in [-0.25, -0.2) is 0 Å². The van der Waals surface area contributed by atoms with Gasteiger partial charge in [0.15, 0.2) is 0 Å². The van der Waals surface area contributed by atoms with Crippen LogP contribution in [0.1, 0.15) is 23.1 Å². The molecular weight excluding hydrogens is 354 g/mol. The molecule has 0 unspecified atom stereocenters. The summed E-state index contributed by atoms with van der Waals surface area (Å²) in [5.41, 5.74) is 4.13. The highest BCUT2D eigenvalue weighted by Crippen LogP contribution is 2.29. The number of halogens is 1. The number of benzene rings is 2. The molecule has 23 heavy (non-hydrogen) atoms. The van der Waals surface area contributed by atoms with E-state index in [1.54, 1.807) is 12.1 Å². The first kappa shape index (κ1) is 15.9. The van der Waals surface area contributed by atoms with Crippen LogP contribution in [0.3, 0.4) is 0 Å². The predicted molar refractivity (Wildman–Crippen MR) is 94.4 cm³/mol. The van der Waals surface area contributed by atoms with Crippen LogP contribution < -0.4 is 4.90 Å². The van der Waals surface area contributed by atoms with Crippen molar-refractivity contribution in [2.75, 3.05) is 4.90 Å². The van der Waals surface area contributed by atoms with Gasteiger partial charge in [-0.2, -0.15) is 0 Å². The van der Waals surface area contributed by atoms with Gasteiger partial charge in [-0.05, 0) is 50.1 Å². The van der Waals surface area contributed by atoms with Crippen molar-refractivity contribution in [3.05, 3.63) is 63.6 Å². The topological polar surface area (TPSA) is 37.4 Å². The van der Waals surface area contributed by atoms with Gasteiger partial charge in [0.05, 0.1) is 11.6 Å². The first-order valence-corrected chi connectivity index (χ1v) is 8.43. The highest BCUT2D eigenvalue weighted by molar-refractivity contribution is 9.10. The molecule has 0 aromatic heterocycles. The zero-order valence-corrected chi connectivity index (χ0v) is 14.8. The molecule has 0 bridgehead atoms. The van der Waals surface area contributed by atoms with Crippen LogP contribution in [0.25, 0.3) is 0 Å². The van der Waals surface area contributed by atoms with Crippen molar-refractivity contribution in [3.8, 4) is 0 Å². The summed E-state index contributed by atoms with van der Waals surface area (Å²) in [6.07, 6.45) is 0.891. The van der Waals surface area contributed by atoms with Gasteiger partial charge < -0.3 is 0 Å². The molecule has 2 aromatic carbocycles. The Labute approximate surface area is 144 Å². The molecule has 1 aliphatic rings. The fourth-order valence-corrected chi connectivity index (χ4v) is 3.45. The lowest BCUT2D eigenvalue weighted by Crippen LogP contribution is -2.30. The number of amides is 2. The fourth-order valence-electron chi connectivity index (χ4n) is 3.19. The second-order valence-electron chi connectivity index (χ2n) is 6.14. The van der Waals surface area contributed by atoms with Gasteiger partial charge in [-0.1, -0.05) is 45.3 Å². The van der Waals surface area contributed by atoms with Crippen molar-refractivity contribution in [2.45, 2.75) is 26.7 Å². The van der Waals surface area contributed by atoms with Crippen LogP contribution in [0, 0.1) is 19.8 Å². The van der Waals surface area contributed by atoms with Crippen molar-refractivity contribution in [3.63, 3.8) is 0 Å². The molecular formula is C19H18BrNO2. The number of carbonyl (C=O) groups excluding carboxylic acids is 2. The van der Waals surface area contributed by atoms with Crippen LogP contribution in [0.4, 0.5) is 5.69 Å². The third-order valence-electron chi connectivity index (χ3n) is 4.09. The molecule has 3 nitrogen and oxygen atoms in total. The highest BCUT2D eigenvalue weighted by Gasteiger charge is 2.39. The van der Waals surface area contributed by atoms with Gasteiger partial charge in [-0.3, -0.25) is 14.5 Å². The first-order valence-electron chi connectivity index (χ1n) is 7.63. The van der Waals surface area contributed by atoms with Crippen LogP contribution in [-0.2, 0) is 16.0 Å². The number of aryl methyl sites for hydroxylation is 2. The minimum Gasteiger partial charge on any atom is -0.274 e. The first-order chi connectivity index (χ1) is 10.9. The minimum atomic E-state index is -0.271. The number of carbonyl (C=O) groups is 2. The standard InChI is InChI=1S/C19H18BrNO2/c1-12-7-13(2)9-14(8-12)10-15-11-18(22)21(19(15)23)17-5-3-16(20)4-6-17/h3-9,15H,10-11H2,1-2H3/t15-/m0/s1. The highest BCUT2D eigenvalue weighted by atomic mass is 79.9. The number of hydrogen-bond acceptors (Lipinski definition) is 2. The SMILES string of the molecule is Cc1cc(C)cc(C[C@H]2CC(=O)N(c3ccc(Br)cc3)C2=O)c1. The molecule has 0 radical (unpaired) electrons. The maximum Gasteiger partial charge on any atom is 0.237 e. The molecule has 1 fully saturated rings. The van der Waals surface area contributed by atoms with Gasteiger partial charge in [0.1, 0.15) is 0 Å². The van der Waals surface area contributed by atoms with Crippen molar-refractivity contribution in [1.29, 1.82) is 0 Å². The van der Waals surface area contributed by atoms with Gasteiger partial charge in [0.25, 0.3) is 0 Å². The van der Waals surface area contributed by atoms with E-state index in [0.717, 1.165) is 10.0 Å².